The van der Waals surface area contributed by atoms with Gasteiger partial charge in [0.1, 0.15) is 11.9 Å². The number of fused-ring (bicyclic) bond motifs is 1. The van der Waals surface area contributed by atoms with Crippen molar-refractivity contribution in [1.29, 1.82) is 0 Å². The van der Waals surface area contributed by atoms with E-state index in [-0.39, 0.29) is 31.8 Å². The van der Waals surface area contributed by atoms with Crippen molar-refractivity contribution in [2.75, 3.05) is 18.4 Å². The highest BCUT2D eigenvalue weighted by molar-refractivity contribution is 7.87. The summed E-state index contributed by atoms with van der Waals surface area (Å²) in [5.74, 6) is -1.05. The molecule has 2 amide bonds. The lowest BCUT2D eigenvalue weighted by Gasteiger charge is -2.42. The van der Waals surface area contributed by atoms with Crippen LogP contribution in [0.2, 0.25) is 10.0 Å². The van der Waals surface area contributed by atoms with Crippen molar-refractivity contribution in [1.82, 2.24) is 18.9 Å². The van der Waals surface area contributed by atoms with Gasteiger partial charge in [0.15, 0.2) is 0 Å². The van der Waals surface area contributed by atoms with Gasteiger partial charge < -0.3 is 20.3 Å². The highest BCUT2D eigenvalue weighted by Gasteiger charge is 2.41. The summed E-state index contributed by atoms with van der Waals surface area (Å²) in [6.45, 7) is 2.85. The molecule has 0 saturated carbocycles. The van der Waals surface area contributed by atoms with Crippen LogP contribution < -0.4 is 15.4 Å². The molecular weight excluding hydrogens is 553 g/mol. The second kappa shape index (κ2) is 10.7. The molecule has 0 radical (unpaired) electrons. The molecule has 4 N–H and O–H groups in total. The highest BCUT2D eigenvalue weighted by atomic mass is 35.5. The first kappa shape index (κ1) is 28.2. The van der Waals surface area contributed by atoms with Gasteiger partial charge in [-0.05, 0) is 55.7 Å². The molecule has 3 aromatic rings. The Balaban J connectivity index is 1.71. The number of carbonyl (C=O) groups is 2. The summed E-state index contributed by atoms with van der Waals surface area (Å²) in [7, 11) is -2.25. The van der Waals surface area contributed by atoms with Crippen molar-refractivity contribution in [3.63, 3.8) is 0 Å². The Kier molecular flexibility index (Phi) is 7.96. The van der Waals surface area contributed by atoms with E-state index in [0.29, 0.717) is 26.8 Å². The molecule has 0 aliphatic carbocycles. The lowest BCUT2D eigenvalue weighted by molar-refractivity contribution is -0.117. The second-order valence-electron chi connectivity index (χ2n) is 9.38. The molecular formula is C25H29Cl2N5O5S. The van der Waals surface area contributed by atoms with E-state index in [1.807, 2.05) is 16.9 Å². The molecule has 1 aliphatic rings. The van der Waals surface area contributed by atoms with Crippen LogP contribution in [-0.4, -0.2) is 53.5 Å². The summed E-state index contributed by atoms with van der Waals surface area (Å²) >= 11 is 12.6. The number of benzene rings is 2. The average molecular weight is 583 g/mol. The van der Waals surface area contributed by atoms with E-state index in [1.165, 1.54) is 4.31 Å². The third-order valence-electron chi connectivity index (χ3n) is 6.68. The maximum atomic E-state index is 13.7. The first-order valence-electron chi connectivity index (χ1n) is 11.9. The molecule has 2 heterocycles. The largest absolute Gasteiger partial charge is 0.374 e. The van der Waals surface area contributed by atoms with Crippen molar-refractivity contribution in [3.8, 4) is 0 Å². The van der Waals surface area contributed by atoms with Crippen LogP contribution in [0.5, 0.6) is 0 Å². The number of halogens is 2. The molecule has 2 aromatic carbocycles. The number of amides is 2. The van der Waals surface area contributed by atoms with E-state index in [2.05, 4.69) is 10.6 Å². The standard InChI is InChI=1S/C25H29Cl2N5O5S/c1-15(33)28-18-6-4-5-17(13-18)25(9-11-32(12-10-25)38(36,37)30-16(2)34)29-24(35)22-14-19-21(31(22)3)8-7-20(26)23(19)27/h4-8,13-15,28,33H,9-12H2,1-3H3,(H,29,35)(H,30,34). The summed E-state index contributed by atoms with van der Waals surface area (Å²) in [5, 5.41) is 17.3. The van der Waals surface area contributed by atoms with Gasteiger partial charge in [-0.3, -0.25) is 9.59 Å². The molecule has 1 unspecified atom stereocenters. The van der Waals surface area contributed by atoms with Crippen molar-refractivity contribution in [3.05, 3.63) is 63.8 Å². The van der Waals surface area contributed by atoms with E-state index < -0.39 is 27.9 Å². The number of rotatable bonds is 7. The minimum Gasteiger partial charge on any atom is -0.374 e. The number of anilines is 1. The van der Waals surface area contributed by atoms with Gasteiger partial charge in [-0.15, -0.1) is 0 Å². The Morgan fingerprint density at radius 2 is 1.79 bits per heavy atom. The molecule has 13 heteroatoms. The molecule has 4 rings (SSSR count). The van der Waals surface area contributed by atoms with Crippen molar-refractivity contribution in [2.24, 2.45) is 7.05 Å². The zero-order chi connectivity index (χ0) is 27.8. The number of nitrogens with zero attached hydrogens (tertiary/aromatic N) is 2. The molecule has 0 bridgehead atoms. The molecule has 1 fully saturated rings. The van der Waals surface area contributed by atoms with Gasteiger partial charge in [-0.2, -0.15) is 12.7 Å². The maximum absolute atomic E-state index is 13.7. The third-order valence-corrected chi connectivity index (χ3v) is 9.09. The summed E-state index contributed by atoms with van der Waals surface area (Å²) in [4.78, 5) is 25.1. The van der Waals surface area contributed by atoms with E-state index in [0.717, 1.165) is 18.0 Å². The van der Waals surface area contributed by atoms with Crippen LogP contribution in [0.1, 0.15) is 42.7 Å². The first-order chi connectivity index (χ1) is 17.8. The zero-order valence-corrected chi connectivity index (χ0v) is 23.4. The Bertz CT molecular complexity index is 1500. The third kappa shape index (κ3) is 5.62. The first-order valence-corrected chi connectivity index (χ1v) is 14.1. The summed E-state index contributed by atoms with van der Waals surface area (Å²) in [6.07, 6.45) is -0.314. The quantitative estimate of drug-likeness (QED) is 0.316. The van der Waals surface area contributed by atoms with Crippen LogP contribution >= 0.6 is 23.2 Å². The van der Waals surface area contributed by atoms with Crippen LogP contribution in [0.15, 0.2) is 42.5 Å². The summed E-state index contributed by atoms with van der Waals surface area (Å²) < 4.78 is 30.1. The lowest BCUT2D eigenvalue weighted by Crippen LogP contribution is -2.56. The number of aromatic nitrogens is 1. The van der Waals surface area contributed by atoms with Gasteiger partial charge in [-0.1, -0.05) is 35.3 Å². The molecule has 204 valence electrons. The van der Waals surface area contributed by atoms with Crippen LogP contribution in [0.3, 0.4) is 0 Å². The minimum absolute atomic E-state index is 0.0630. The van der Waals surface area contributed by atoms with Crippen molar-refractivity contribution < 1.29 is 23.1 Å². The predicted octanol–water partition coefficient (Wildman–Crippen LogP) is 3.34. The second-order valence-corrected chi connectivity index (χ2v) is 11.8. The van der Waals surface area contributed by atoms with Crippen LogP contribution in [0, 0.1) is 0 Å². The molecule has 0 spiro atoms. The van der Waals surface area contributed by atoms with Gasteiger partial charge >= 0.3 is 10.2 Å². The molecule has 1 saturated heterocycles. The molecule has 1 atom stereocenters. The van der Waals surface area contributed by atoms with Crippen LogP contribution in [0.4, 0.5) is 5.69 Å². The van der Waals surface area contributed by atoms with Crippen molar-refractivity contribution >= 4 is 61.8 Å². The Labute approximate surface area is 231 Å². The van der Waals surface area contributed by atoms with E-state index >= 15 is 0 Å². The number of piperidine rings is 1. The number of aryl methyl sites for hydroxylation is 1. The monoisotopic (exact) mass is 581 g/mol. The normalized spacial score (nSPS) is 16.7. The lowest BCUT2D eigenvalue weighted by atomic mass is 9.81. The molecule has 38 heavy (non-hydrogen) atoms. The number of hydrogen-bond donors (Lipinski definition) is 4. The summed E-state index contributed by atoms with van der Waals surface area (Å²) in [6, 6.07) is 12.4. The molecule has 1 aliphatic heterocycles. The number of aliphatic hydroxyl groups excluding tert-OH is 1. The highest BCUT2D eigenvalue weighted by Crippen LogP contribution is 2.37. The van der Waals surface area contributed by atoms with Gasteiger partial charge in [0.05, 0.1) is 15.6 Å². The van der Waals surface area contributed by atoms with Gasteiger partial charge in [0.2, 0.25) is 5.91 Å². The number of nitrogens with one attached hydrogen (secondary N) is 3. The Morgan fingerprint density at radius 1 is 1.11 bits per heavy atom. The van der Waals surface area contributed by atoms with E-state index in [4.69, 9.17) is 23.2 Å². The number of hydrogen-bond acceptors (Lipinski definition) is 6. The van der Waals surface area contributed by atoms with Gasteiger partial charge in [0, 0.05) is 43.7 Å². The number of aliphatic hydroxyl groups is 1. The molecule has 1 aromatic heterocycles. The fourth-order valence-electron chi connectivity index (χ4n) is 4.84. The minimum atomic E-state index is -4.01. The number of carbonyl (C=O) groups excluding carboxylic acids is 2. The molecule has 10 nitrogen and oxygen atoms in total. The van der Waals surface area contributed by atoms with Crippen molar-refractivity contribution in [2.45, 2.75) is 38.5 Å². The predicted molar refractivity (Wildman–Crippen MR) is 147 cm³/mol. The van der Waals surface area contributed by atoms with Crippen LogP contribution in [0.25, 0.3) is 10.9 Å². The fourth-order valence-corrected chi connectivity index (χ4v) is 6.37. The smallest absolute Gasteiger partial charge is 0.303 e. The Hall–Kier alpha value is -2.83. The van der Waals surface area contributed by atoms with Crippen LogP contribution in [-0.2, 0) is 27.6 Å². The van der Waals surface area contributed by atoms with Gasteiger partial charge in [-0.25, -0.2) is 4.72 Å². The van der Waals surface area contributed by atoms with E-state index in [9.17, 15) is 23.1 Å². The topological polar surface area (TPSA) is 133 Å². The van der Waals surface area contributed by atoms with Gasteiger partial charge in [0.25, 0.3) is 5.91 Å². The maximum Gasteiger partial charge on any atom is 0.303 e. The zero-order valence-electron chi connectivity index (χ0n) is 21.1. The van der Waals surface area contributed by atoms with E-state index in [1.54, 1.807) is 48.9 Å². The average Bonchev–Trinajstić information content (AvgIpc) is 3.18. The fraction of sp³-hybridized carbons (Fsp3) is 0.360. The summed E-state index contributed by atoms with van der Waals surface area (Å²) in [5.41, 5.74) is 1.54. The SMILES string of the molecule is CC(=O)NS(=O)(=O)N1CCC(NC(=O)c2cc3c(Cl)c(Cl)ccc3n2C)(c2cccc(NC(C)O)c2)CC1. The Morgan fingerprint density at radius 3 is 2.42 bits per heavy atom.